The fraction of sp³-hybridized carbons (Fsp3) is 0.917. The van der Waals surface area contributed by atoms with E-state index in [-0.39, 0.29) is 17.4 Å². The van der Waals surface area contributed by atoms with Crippen molar-refractivity contribution >= 4 is 5.91 Å². The third-order valence-electron chi connectivity index (χ3n) is 3.35. The second-order valence-corrected chi connectivity index (χ2v) is 4.59. The summed E-state index contributed by atoms with van der Waals surface area (Å²) in [5.41, 5.74) is -0.194. The Hall–Kier alpha value is -0.610. The molecule has 94 valence electrons. The molecule has 1 aliphatic rings. The molecule has 1 saturated heterocycles. The highest BCUT2D eigenvalue weighted by molar-refractivity contribution is 5.83. The van der Waals surface area contributed by atoms with Crippen molar-refractivity contribution in [1.82, 2.24) is 10.6 Å². The third-order valence-corrected chi connectivity index (χ3v) is 3.35. The first-order chi connectivity index (χ1) is 7.64. The second kappa shape index (κ2) is 6.21. The smallest absolute Gasteiger partial charge is 0.227 e. The molecule has 0 aromatic heterocycles. The van der Waals surface area contributed by atoms with Crippen LogP contribution in [0.25, 0.3) is 0 Å². The van der Waals surface area contributed by atoms with E-state index < -0.39 is 0 Å². The molecule has 0 saturated carbocycles. The number of hydrogen-bond acceptors (Lipinski definition) is 3. The van der Waals surface area contributed by atoms with E-state index >= 15 is 0 Å². The number of rotatable bonds is 6. The van der Waals surface area contributed by atoms with Crippen LogP contribution in [0.1, 0.15) is 33.6 Å². The van der Waals surface area contributed by atoms with Gasteiger partial charge in [0.2, 0.25) is 5.91 Å². The minimum absolute atomic E-state index is 0.0940. The Morgan fingerprint density at radius 1 is 1.56 bits per heavy atom. The van der Waals surface area contributed by atoms with Crippen molar-refractivity contribution in [2.45, 2.75) is 39.7 Å². The summed E-state index contributed by atoms with van der Waals surface area (Å²) in [5.74, 6) is 0.173. The molecule has 0 radical (unpaired) electrons. The third kappa shape index (κ3) is 3.19. The molecule has 16 heavy (non-hydrogen) atoms. The lowest BCUT2D eigenvalue weighted by Gasteiger charge is -2.27. The fourth-order valence-electron chi connectivity index (χ4n) is 2.11. The molecule has 0 bridgehead atoms. The highest BCUT2D eigenvalue weighted by Gasteiger charge is 2.39. The Balaban J connectivity index is 2.43. The summed E-state index contributed by atoms with van der Waals surface area (Å²) in [5, 5.41) is 6.31. The standard InChI is InChI=1S/C12H24N2O2/c1-4-12(6-7-13-9-12)11(15)14-10(3)8-16-5-2/h10,13H,4-9H2,1-3H3,(H,14,15). The molecule has 4 heteroatoms. The van der Waals surface area contributed by atoms with Crippen molar-refractivity contribution in [1.29, 1.82) is 0 Å². The van der Waals surface area contributed by atoms with E-state index in [0.717, 1.165) is 25.9 Å². The largest absolute Gasteiger partial charge is 0.380 e. The van der Waals surface area contributed by atoms with Crippen molar-refractivity contribution in [2.75, 3.05) is 26.3 Å². The van der Waals surface area contributed by atoms with Crippen LogP contribution in [0.3, 0.4) is 0 Å². The number of carbonyl (C=O) groups is 1. The molecule has 2 unspecified atom stereocenters. The van der Waals surface area contributed by atoms with E-state index in [0.29, 0.717) is 13.2 Å². The van der Waals surface area contributed by atoms with Crippen LogP contribution in [-0.2, 0) is 9.53 Å². The van der Waals surface area contributed by atoms with Gasteiger partial charge in [-0.05, 0) is 33.2 Å². The predicted molar refractivity (Wildman–Crippen MR) is 64.3 cm³/mol. The van der Waals surface area contributed by atoms with Gasteiger partial charge in [-0.15, -0.1) is 0 Å². The highest BCUT2D eigenvalue weighted by atomic mass is 16.5. The molecule has 1 heterocycles. The van der Waals surface area contributed by atoms with Gasteiger partial charge in [-0.3, -0.25) is 4.79 Å². The van der Waals surface area contributed by atoms with Gasteiger partial charge in [-0.25, -0.2) is 0 Å². The monoisotopic (exact) mass is 228 g/mol. The Kier molecular flexibility index (Phi) is 5.22. The molecule has 1 amide bonds. The molecule has 1 fully saturated rings. The van der Waals surface area contributed by atoms with E-state index in [1.54, 1.807) is 0 Å². The zero-order valence-corrected chi connectivity index (χ0v) is 10.6. The minimum Gasteiger partial charge on any atom is -0.380 e. The van der Waals surface area contributed by atoms with Gasteiger partial charge in [-0.1, -0.05) is 6.92 Å². The summed E-state index contributed by atoms with van der Waals surface area (Å²) >= 11 is 0. The molecule has 0 aliphatic carbocycles. The van der Waals surface area contributed by atoms with Gasteiger partial charge in [0.05, 0.1) is 12.0 Å². The number of nitrogens with one attached hydrogen (secondary N) is 2. The minimum atomic E-state index is -0.194. The van der Waals surface area contributed by atoms with Gasteiger partial charge < -0.3 is 15.4 Å². The molecule has 0 spiro atoms. The van der Waals surface area contributed by atoms with Crippen LogP contribution in [0, 0.1) is 5.41 Å². The van der Waals surface area contributed by atoms with Crippen molar-refractivity contribution in [3.8, 4) is 0 Å². The predicted octanol–water partition coefficient (Wildman–Crippen LogP) is 0.917. The van der Waals surface area contributed by atoms with Gasteiger partial charge >= 0.3 is 0 Å². The molecular weight excluding hydrogens is 204 g/mol. The molecular formula is C12H24N2O2. The van der Waals surface area contributed by atoms with Crippen LogP contribution < -0.4 is 10.6 Å². The Morgan fingerprint density at radius 2 is 2.31 bits per heavy atom. The van der Waals surface area contributed by atoms with Crippen molar-refractivity contribution in [2.24, 2.45) is 5.41 Å². The van der Waals surface area contributed by atoms with Gasteiger partial charge in [0.25, 0.3) is 0 Å². The maximum Gasteiger partial charge on any atom is 0.227 e. The van der Waals surface area contributed by atoms with Crippen molar-refractivity contribution in [3.63, 3.8) is 0 Å². The Labute approximate surface area is 98.1 Å². The quantitative estimate of drug-likeness (QED) is 0.710. The topological polar surface area (TPSA) is 50.4 Å². The molecule has 2 N–H and O–H groups in total. The molecule has 0 aromatic rings. The van der Waals surface area contributed by atoms with Crippen LogP contribution in [0.15, 0.2) is 0 Å². The van der Waals surface area contributed by atoms with Gasteiger partial charge in [0.15, 0.2) is 0 Å². The van der Waals surface area contributed by atoms with Gasteiger partial charge in [0, 0.05) is 19.2 Å². The van der Waals surface area contributed by atoms with Crippen LogP contribution in [0.4, 0.5) is 0 Å². The summed E-state index contributed by atoms with van der Waals surface area (Å²) in [6.07, 6.45) is 1.84. The summed E-state index contributed by atoms with van der Waals surface area (Å²) in [7, 11) is 0. The first kappa shape index (κ1) is 13.5. The fourth-order valence-corrected chi connectivity index (χ4v) is 2.11. The van der Waals surface area contributed by atoms with E-state index in [4.69, 9.17) is 4.74 Å². The zero-order valence-electron chi connectivity index (χ0n) is 10.6. The number of amides is 1. The van der Waals surface area contributed by atoms with Crippen LogP contribution >= 0.6 is 0 Å². The normalized spacial score (nSPS) is 26.7. The lowest BCUT2D eigenvalue weighted by atomic mass is 9.83. The highest BCUT2D eigenvalue weighted by Crippen LogP contribution is 2.29. The van der Waals surface area contributed by atoms with Crippen LogP contribution in [0.5, 0.6) is 0 Å². The zero-order chi connectivity index (χ0) is 12.0. The van der Waals surface area contributed by atoms with Gasteiger partial charge in [0.1, 0.15) is 0 Å². The van der Waals surface area contributed by atoms with Crippen LogP contribution in [-0.4, -0.2) is 38.3 Å². The first-order valence-corrected chi connectivity index (χ1v) is 6.24. The van der Waals surface area contributed by atoms with Crippen LogP contribution in [0.2, 0.25) is 0 Å². The molecule has 1 rings (SSSR count). The molecule has 2 atom stereocenters. The average Bonchev–Trinajstić information content (AvgIpc) is 2.76. The summed E-state index contributed by atoms with van der Waals surface area (Å²) < 4.78 is 5.30. The van der Waals surface area contributed by atoms with E-state index in [1.165, 1.54) is 0 Å². The molecule has 4 nitrogen and oxygen atoms in total. The van der Waals surface area contributed by atoms with E-state index in [1.807, 2.05) is 13.8 Å². The maximum atomic E-state index is 12.2. The Morgan fingerprint density at radius 3 is 2.81 bits per heavy atom. The second-order valence-electron chi connectivity index (χ2n) is 4.59. The maximum absolute atomic E-state index is 12.2. The van der Waals surface area contributed by atoms with Gasteiger partial charge in [-0.2, -0.15) is 0 Å². The van der Waals surface area contributed by atoms with E-state index in [2.05, 4.69) is 17.6 Å². The molecule has 1 aliphatic heterocycles. The number of carbonyl (C=O) groups excluding carboxylic acids is 1. The number of hydrogen-bond donors (Lipinski definition) is 2. The average molecular weight is 228 g/mol. The summed E-state index contributed by atoms with van der Waals surface area (Å²) in [6, 6.07) is 0.0940. The van der Waals surface area contributed by atoms with E-state index in [9.17, 15) is 4.79 Å². The summed E-state index contributed by atoms with van der Waals surface area (Å²) in [6.45, 7) is 9.07. The molecule has 0 aromatic carbocycles. The Bertz CT molecular complexity index is 225. The van der Waals surface area contributed by atoms with Crippen molar-refractivity contribution in [3.05, 3.63) is 0 Å². The SMILES string of the molecule is CCOCC(C)NC(=O)C1(CC)CCNC1. The number of ether oxygens (including phenoxy) is 1. The lowest BCUT2D eigenvalue weighted by Crippen LogP contribution is -2.47. The summed E-state index contributed by atoms with van der Waals surface area (Å²) in [4.78, 5) is 12.2. The first-order valence-electron chi connectivity index (χ1n) is 6.24. The lowest BCUT2D eigenvalue weighted by molar-refractivity contribution is -0.131. The van der Waals surface area contributed by atoms with Crippen molar-refractivity contribution < 1.29 is 9.53 Å².